The van der Waals surface area contributed by atoms with Gasteiger partial charge in [-0.05, 0) is 6.07 Å². The largest absolute Gasteiger partial charge is 0.464 e. The van der Waals surface area contributed by atoms with Gasteiger partial charge in [0.15, 0.2) is 0 Å². The second kappa shape index (κ2) is 4.34. The minimum atomic E-state index is -0.0595. The van der Waals surface area contributed by atoms with Crippen LogP contribution in [0.25, 0.3) is 11.0 Å². The number of furan rings is 1. The van der Waals surface area contributed by atoms with E-state index in [4.69, 9.17) is 10.2 Å². The molecule has 1 aliphatic heterocycles. The lowest BCUT2D eigenvalue weighted by Gasteiger charge is -2.12. The molecule has 1 atom stereocenters. The number of urea groups is 1. The van der Waals surface area contributed by atoms with Crippen molar-refractivity contribution in [2.75, 3.05) is 19.6 Å². The SMILES string of the molecule is NCCN1CC(c2coc3ccccc23)NC1=O. The van der Waals surface area contributed by atoms with E-state index in [1.807, 2.05) is 24.3 Å². The maximum atomic E-state index is 11.7. The second-order valence-corrected chi connectivity index (χ2v) is 4.42. The first-order chi connectivity index (χ1) is 8.79. The van der Waals surface area contributed by atoms with Gasteiger partial charge in [-0.3, -0.25) is 0 Å². The quantitative estimate of drug-likeness (QED) is 0.859. The van der Waals surface area contributed by atoms with Gasteiger partial charge in [-0.15, -0.1) is 0 Å². The summed E-state index contributed by atoms with van der Waals surface area (Å²) >= 11 is 0. The molecule has 2 heterocycles. The summed E-state index contributed by atoms with van der Waals surface area (Å²) in [4.78, 5) is 13.5. The number of hydrogen-bond acceptors (Lipinski definition) is 3. The van der Waals surface area contributed by atoms with Gasteiger partial charge in [0.25, 0.3) is 0 Å². The Morgan fingerprint density at radius 3 is 3.11 bits per heavy atom. The highest BCUT2D eigenvalue weighted by molar-refractivity contribution is 5.84. The predicted molar refractivity (Wildman–Crippen MR) is 68.1 cm³/mol. The van der Waals surface area contributed by atoms with Gasteiger partial charge < -0.3 is 20.4 Å². The molecule has 1 aliphatic rings. The van der Waals surface area contributed by atoms with Crippen molar-refractivity contribution < 1.29 is 9.21 Å². The zero-order valence-corrected chi connectivity index (χ0v) is 9.93. The van der Waals surface area contributed by atoms with Crippen LogP contribution < -0.4 is 11.1 Å². The third-order valence-electron chi connectivity index (χ3n) is 3.27. The van der Waals surface area contributed by atoms with E-state index >= 15 is 0 Å². The Hall–Kier alpha value is -2.01. The van der Waals surface area contributed by atoms with Crippen LogP contribution in [0.15, 0.2) is 34.9 Å². The molecule has 0 radical (unpaired) electrons. The zero-order valence-electron chi connectivity index (χ0n) is 9.93. The number of fused-ring (bicyclic) bond motifs is 1. The summed E-state index contributed by atoms with van der Waals surface area (Å²) in [6.45, 7) is 1.70. The van der Waals surface area contributed by atoms with Crippen molar-refractivity contribution >= 4 is 17.0 Å². The molecule has 94 valence electrons. The van der Waals surface area contributed by atoms with Gasteiger partial charge in [-0.25, -0.2) is 4.79 Å². The summed E-state index contributed by atoms with van der Waals surface area (Å²) in [5.41, 5.74) is 7.36. The molecule has 5 nitrogen and oxygen atoms in total. The molecule has 3 N–H and O–H groups in total. The van der Waals surface area contributed by atoms with Crippen LogP contribution in [0.2, 0.25) is 0 Å². The van der Waals surface area contributed by atoms with Crippen LogP contribution in [0.3, 0.4) is 0 Å². The first-order valence-corrected chi connectivity index (χ1v) is 6.01. The number of carbonyl (C=O) groups is 1. The molecule has 0 bridgehead atoms. The molecule has 2 amide bonds. The van der Waals surface area contributed by atoms with E-state index < -0.39 is 0 Å². The smallest absolute Gasteiger partial charge is 0.318 e. The van der Waals surface area contributed by atoms with Crippen LogP contribution in [0.1, 0.15) is 11.6 Å². The van der Waals surface area contributed by atoms with Crippen LogP contribution in [0.5, 0.6) is 0 Å². The molecule has 0 aliphatic carbocycles. The van der Waals surface area contributed by atoms with Crippen molar-refractivity contribution in [2.24, 2.45) is 5.73 Å². The molecule has 1 unspecified atom stereocenters. The van der Waals surface area contributed by atoms with Crippen molar-refractivity contribution in [2.45, 2.75) is 6.04 Å². The number of amides is 2. The third kappa shape index (κ3) is 1.73. The van der Waals surface area contributed by atoms with Gasteiger partial charge in [-0.2, -0.15) is 0 Å². The Balaban J connectivity index is 1.90. The number of para-hydroxylation sites is 1. The van der Waals surface area contributed by atoms with Crippen molar-refractivity contribution in [1.82, 2.24) is 10.2 Å². The summed E-state index contributed by atoms with van der Waals surface area (Å²) in [7, 11) is 0. The van der Waals surface area contributed by atoms with Gasteiger partial charge in [0.1, 0.15) is 5.58 Å². The monoisotopic (exact) mass is 245 g/mol. The van der Waals surface area contributed by atoms with Gasteiger partial charge in [0.2, 0.25) is 0 Å². The fraction of sp³-hybridized carbons (Fsp3) is 0.308. The maximum absolute atomic E-state index is 11.7. The zero-order chi connectivity index (χ0) is 12.5. The lowest BCUT2D eigenvalue weighted by molar-refractivity contribution is 0.218. The van der Waals surface area contributed by atoms with Crippen molar-refractivity contribution in [3.63, 3.8) is 0 Å². The maximum Gasteiger partial charge on any atom is 0.318 e. The van der Waals surface area contributed by atoms with E-state index in [0.717, 1.165) is 16.5 Å². The van der Waals surface area contributed by atoms with Crippen LogP contribution in [0.4, 0.5) is 4.79 Å². The molecule has 3 rings (SSSR count). The lowest BCUT2D eigenvalue weighted by Crippen LogP contribution is -2.32. The van der Waals surface area contributed by atoms with Crippen molar-refractivity contribution in [3.8, 4) is 0 Å². The summed E-state index contributed by atoms with van der Waals surface area (Å²) < 4.78 is 5.50. The Kier molecular flexibility index (Phi) is 2.68. The normalized spacial score (nSPS) is 19.5. The van der Waals surface area contributed by atoms with Crippen molar-refractivity contribution in [3.05, 3.63) is 36.1 Å². The fourth-order valence-electron chi connectivity index (χ4n) is 2.38. The number of nitrogens with zero attached hydrogens (tertiary/aromatic N) is 1. The van der Waals surface area contributed by atoms with Gasteiger partial charge in [0, 0.05) is 30.6 Å². The summed E-state index contributed by atoms with van der Waals surface area (Å²) in [5.74, 6) is 0. The summed E-state index contributed by atoms with van der Waals surface area (Å²) in [6.07, 6.45) is 1.72. The molecule has 0 saturated carbocycles. The van der Waals surface area contributed by atoms with E-state index in [1.165, 1.54) is 0 Å². The Bertz CT molecular complexity index is 578. The molecule has 1 aromatic carbocycles. The number of carbonyl (C=O) groups excluding carboxylic acids is 1. The average molecular weight is 245 g/mol. The van der Waals surface area contributed by atoms with Crippen LogP contribution in [0, 0.1) is 0 Å². The Labute approximate surface area is 105 Å². The fourth-order valence-corrected chi connectivity index (χ4v) is 2.38. The standard InChI is InChI=1S/C13H15N3O2/c14-5-6-16-7-11(15-13(16)17)10-8-18-12-4-2-1-3-9(10)12/h1-4,8,11H,5-7,14H2,(H,15,17). The Morgan fingerprint density at radius 1 is 1.44 bits per heavy atom. The first-order valence-electron chi connectivity index (χ1n) is 6.01. The number of rotatable bonds is 3. The third-order valence-corrected chi connectivity index (χ3v) is 3.27. The number of nitrogens with two attached hydrogens (primary N) is 1. The highest BCUT2D eigenvalue weighted by Gasteiger charge is 2.30. The first kappa shape index (κ1) is 11.1. The Morgan fingerprint density at radius 2 is 2.28 bits per heavy atom. The molecule has 1 fully saturated rings. The number of benzene rings is 1. The van der Waals surface area contributed by atoms with E-state index in [-0.39, 0.29) is 12.1 Å². The molecular formula is C13H15N3O2. The minimum Gasteiger partial charge on any atom is -0.464 e. The highest BCUT2D eigenvalue weighted by Crippen LogP contribution is 2.29. The molecule has 18 heavy (non-hydrogen) atoms. The van der Waals surface area contributed by atoms with E-state index in [9.17, 15) is 4.79 Å². The average Bonchev–Trinajstić information content (AvgIpc) is 2.94. The summed E-state index contributed by atoms with van der Waals surface area (Å²) in [5, 5.41) is 4.01. The van der Waals surface area contributed by atoms with Crippen molar-refractivity contribution in [1.29, 1.82) is 0 Å². The lowest BCUT2D eigenvalue weighted by atomic mass is 10.1. The van der Waals surface area contributed by atoms with Crippen LogP contribution in [-0.2, 0) is 0 Å². The van der Waals surface area contributed by atoms with E-state index in [2.05, 4.69) is 5.32 Å². The van der Waals surface area contributed by atoms with Gasteiger partial charge >= 0.3 is 6.03 Å². The van der Waals surface area contributed by atoms with Crippen LogP contribution >= 0.6 is 0 Å². The van der Waals surface area contributed by atoms with E-state index in [0.29, 0.717) is 19.6 Å². The molecule has 2 aromatic rings. The molecular weight excluding hydrogens is 230 g/mol. The van der Waals surface area contributed by atoms with E-state index in [1.54, 1.807) is 11.2 Å². The molecule has 1 aromatic heterocycles. The van der Waals surface area contributed by atoms with Gasteiger partial charge in [0.05, 0.1) is 12.3 Å². The molecule has 5 heteroatoms. The topological polar surface area (TPSA) is 71.5 Å². The number of hydrogen-bond donors (Lipinski definition) is 2. The second-order valence-electron chi connectivity index (χ2n) is 4.42. The molecule has 1 saturated heterocycles. The molecule has 0 spiro atoms. The predicted octanol–water partition coefficient (Wildman–Crippen LogP) is 1.46. The highest BCUT2D eigenvalue weighted by atomic mass is 16.3. The minimum absolute atomic E-state index is 0.0206. The summed E-state index contributed by atoms with van der Waals surface area (Å²) in [6, 6.07) is 7.75. The van der Waals surface area contributed by atoms with Crippen LogP contribution in [-0.4, -0.2) is 30.6 Å². The number of nitrogens with one attached hydrogen (secondary N) is 1. The van der Waals surface area contributed by atoms with Gasteiger partial charge in [-0.1, -0.05) is 18.2 Å².